The molecule has 0 bridgehead atoms. The summed E-state index contributed by atoms with van der Waals surface area (Å²) in [4.78, 5) is 11.9. The molecule has 0 saturated carbocycles. The molecule has 1 amide bonds. The third-order valence-corrected chi connectivity index (χ3v) is 2.54. The van der Waals surface area contributed by atoms with Crippen LogP contribution in [0, 0.1) is 11.6 Å². The molecule has 0 aliphatic carbocycles. The van der Waals surface area contributed by atoms with E-state index in [1.165, 1.54) is 12.1 Å². The van der Waals surface area contributed by atoms with Gasteiger partial charge < -0.3 is 10.1 Å². The zero-order valence-electron chi connectivity index (χ0n) is 10.7. The Morgan fingerprint density at radius 1 is 1.05 bits per heavy atom. The van der Waals surface area contributed by atoms with Gasteiger partial charge in [0.2, 0.25) is 0 Å². The summed E-state index contributed by atoms with van der Waals surface area (Å²) in [5.41, 5.74) is -0.809. The number of halogens is 5. The summed E-state index contributed by atoms with van der Waals surface area (Å²) in [6.45, 7) is 0. The summed E-state index contributed by atoms with van der Waals surface area (Å²) in [6.07, 6.45) is -4.94. The molecular weight excluding hydrogens is 309 g/mol. The van der Waals surface area contributed by atoms with Gasteiger partial charge in [0.25, 0.3) is 5.91 Å². The smallest absolute Gasteiger partial charge is 0.404 e. The molecule has 2 aromatic carbocycles. The highest BCUT2D eigenvalue weighted by Crippen LogP contribution is 2.30. The van der Waals surface area contributed by atoms with E-state index in [1.807, 2.05) is 0 Å². The molecule has 0 aliphatic rings. The Hall–Kier alpha value is -2.64. The molecule has 2 rings (SSSR count). The van der Waals surface area contributed by atoms with Crippen LogP contribution in [0.4, 0.5) is 27.6 Å². The summed E-state index contributed by atoms with van der Waals surface area (Å²) in [5.74, 6) is -3.69. The maximum Gasteiger partial charge on any atom is 0.573 e. The Balaban J connectivity index is 2.25. The molecule has 0 heterocycles. The third-order valence-electron chi connectivity index (χ3n) is 2.54. The van der Waals surface area contributed by atoms with E-state index in [9.17, 15) is 26.7 Å². The highest BCUT2D eigenvalue weighted by Gasteiger charge is 2.32. The van der Waals surface area contributed by atoms with Crippen molar-refractivity contribution in [3.05, 3.63) is 59.7 Å². The van der Waals surface area contributed by atoms with Crippen LogP contribution in [0.3, 0.4) is 0 Å². The Labute approximate surface area is 121 Å². The number of anilines is 1. The van der Waals surface area contributed by atoms with E-state index in [1.54, 1.807) is 0 Å². The highest BCUT2D eigenvalue weighted by molar-refractivity contribution is 6.05. The fourth-order valence-electron chi connectivity index (χ4n) is 1.65. The SMILES string of the molecule is O=C(Nc1ccccc1OC(F)(F)F)c1ccc(F)cc1F. The van der Waals surface area contributed by atoms with Gasteiger partial charge in [0.15, 0.2) is 5.75 Å². The normalized spacial score (nSPS) is 11.1. The predicted octanol–water partition coefficient (Wildman–Crippen LogP) is 4.12. The molecule has 0 fully saturated rings. The topological polar surface area (TPSA) is 38.3 Å². The van der Waals surface area contributed by atoms with Crippen molar-refractivity contribution in [1.82, 2.24) is 0 Å². The number of nitrogens with one attached hydrogen (secondary N) is 1. The zero-order chi connectivity index (χ0) is 16.3. The molecule has 1 N–H and O–H groups in total. The lowest BCUT2D eigenvalue weighted by atomic mass is 10.2. The first kappa shape index (κ1) is 15.7. The van der Waals surface area contributed by atoms with Gasteiger partial charge in [-0.25, -0.2) is 8.78 Å². The molecule has 116 valence electrons. The molecule has 0 radical (unpaired) electrons. The second-order valence-electron chi connectivity index (χ2n) is 4.12. The second-order valence-corrected chi connectivity index (χ2v) is 4.12. The van der Waals surface area contributed by atoms with Gasteiger partial charge >= 0.3 is 6.36 Å². The molecule has 0 atom stereocenters. The van der Waals surface area contributed by atoms with Crippen molar-refractivity contribution in [1.29, 1.82) is 0 Å². The van der Waals surface area contributed by atoms with Crippen molar-refractivity contribution >= 4 is 11.6 Å². The molecular formula is C14H8F5NO2. The van der Waals surface area contributed by atoms with E-state index in [0.717, 1.165) is 24.3 Å². The van der Waals surface area contributed by atoms with Crippen LogP contribution in [0.25, 0.3) is 0 Å². The second kappa shape index (κ2) is 6.00. The number of alkyl halides is 3. The molecule has 0 saturated heterocycles. The fourth-order valence-corrected chi connectivity index (χ4v) is 1.65. The number of para-hydroxylation sites is 2. The standard InChI is InChI=1S/C14H8F5NO2/c15-8-5-6-9(10(16)7-8)13(21)20-11-3-1-2-4-12(11)22-14(17,18)19/h1-7H,(H,20,21). The van der Waals surface area contributed by atoms with Crippen LogP contribution in [0.1, 0.15) is 10.4 Å². The van der Waals surface area contributed by atoms with Crippen LogP contribution in [0.15, 0.2) is 42.5 Å². The summed E-state index contributed by atoms with van der Waals surface area (Å²) in [7, 11) is 0. The number of ether oxygens (including phenoxy) is 1. The van der Waals surface area contributed by atoms with Crippen LogP contribution in [0.5, 0.6) is 5.75 Å². The molecule has 0 spiro atoms. The zero-order valence-corrected chi connectivity index (χ0v) is 10.7. The van der Waals surface area contributed by atoms with Gasteiger partial charge in [-0.2, -0.15) is 0 Å². The lowest BCUT2D eigenvalue weighted by Crippen LogP contribution is -2.20. The van der Waals surface area contributed by atoms with Crippen molar-refractivity contribution in [3.63, 3.8) is 0 Å². The van der Waals surface area contributed by atoms with E-state index >= 15 is 0 Å². The number of hydrogen-bond donors (Lipinski definition) is 1. The van der Waals surface area contributed by atoms with Crippen molar-refractivity contribution in [2.75, 3.05) is 5.32 Å². The Morgan fingerprint density at radius 2 is 1.73 bits per heavy atom. The van der Waals surface area contributed by atoms with Crippen LogP contribution in [-0.4, -0.2) is 12.3 Å². The van der Waals surface area contributed by atoms with E-state index in [-0.39, 0.29) is 5.69 Å². The molecule has 2 aromatic rings. The molecule has 0 aliphatic heterocycles. The first-order chi connectivity index (χ1) is 10.3. The van der Waals surface area contributed by atoms with Crippen molar-refractivity contribution in [2.45, 2.75) is 6.36 Å². The number of carbonyl (C=O) groups is 1. The lowest BCUT2D eigenvalue weighted by Gasteiger charge is -2.14. The number of benzene rings is 2. The monoisotopic (exact) mass is 317 g/mol. The van der Waals surface area contributed by atoms with Crippen LogP contribution < -0.4 is 10.1 Å². The van der Waals surface area contributed by atoms with Gasteiger partial charge in [-0.1, -0.05) is 12.1 Å². The van der Waals surface area contributed by atoms with Gasteiger partial charge in [0.05, 0.1) is 11.3 Å². The number of carbonyl (C=O) groups excluding carboxylic acids is 1. The summed E-state index contributed by atoms with van der Waals surface area (Å²) >= 11 is 0. The third kappa shape index (κ3) is 3.94. The lowest BCUT2D eigenvalue weighted by molar-refractivity contribution is -0.274. The molecule has 22 heavy (non-hydrogen) atoms. The average Bonchev–Trinajstić information content (AvgIpc) is 2.39. The minimum absolute atomic E-state index is 0.298. The summed E-state index contributed by atoms with van der Waals surface area (Å²) in [5, 5.41) is 2.08. The van der Waals surface area contributed by atoms with Gasteiger partial charge in [-0.3, -0.25) is 4.79 Å². The van der Waals surface area contributed by atoms with E-state index < -0.39 is 35.2 Å². The summed E-state index contributed by atoms with van der Waals surface area (Å²) in [6, 6.07) is 7.01. The van der Waals surface area contributed by atoms with Crippen molar-refractivity contribution in [2.24, 2.45) is 0 Å². The maximum absolute atomic E-state index is 13.5. The molecule has 8 heteroatoms. The minimum atomic E-state index is -4.94. The molecule has 0 unspecified atom stereocenters. The predicted molar refractivity (Wildman–Crippen MR) is 67.4 cm³/mol. The fraction of sp³-hybridized carbons (Fsp3) is 0.0714. The van der Waals surface area contributed by atoms with Gasteiger partial charge in [-0.15, -0.1) is 13.2 Å². The van der Waals surface area contributed by atoms with Gasteiger partial charge in [0, 0.05) is 6.07 Å². The van der Waals surface area contributed by atoms with Crippen molar-refractivity contribution in [3.8, 4) is 5.75 Å². The van der Waals surface area contributed by atoms with Crippen LogP contribution >= 0.6 is 0 Å². The Morgan fingerprint density at radius 3 is 2.36 bits per heavy atom. The highest BCUT2D eigenvalue weighted by atomic mass is 19.4. The Bertz CT molecular complexity index is 700. The van der Waals surface area contributed by atoms with Crippen molar-refractivity contribution < 1.29 is 31.5 Å². The van der Waals surface area contributed by atoms with Crippen LogP contribution in [0.2, 0.25) is 0 Å². The number of hydrogen-bond acceptors (Lipinski definition) is 2. The Kier molecular flexibility index (Phi) is 4.30. The number of rotatable bonds is 3. The quantitative estimate of drug-likeness (QED) is 0.865. The molecule has 3 nitrogen and oxygen atoms in total. The van der Waals surface area contributed by atoms with E-state index in [0.29, 0.717) is 6.07 Å². The minimum Gasteiger partial charge on any atom is -0.404 e. The van der Waals surface area contributed by atoms with Gasteiger partial charge in [0.1, 0.15) is 11.6 Å². The average molecular weight is 317 g/mol. The van der Waals surface area contributed by atoms with E-state index in [4.69, 9.17) is 0 Å². The van der Waals surface area contributed by atoms with Crippen LogP contribution in [-0.2, 0) is 0 Å². The largest absolute Gasteiger partial charge is 0.573 e. The van der Waals surface area contributed by atoms with Gasteiger partial charge in [-0.05, 0) is 24.3 Å². The van der Waals surface area contributed by atoms with E-state index in [2.05, 4.69) is 10.1 Å². The first-order valence-corrected chi connectivity index (χ1v) is 5.87. The molecule has 0 aromatic heterocycles. The first-order valence-electron chi connectivity index (χ1n) is 5.87. The summed E-state index contributed by atoms with van der Waals surface area (Å²) < 4.78 is 66.7. The number of amides is 1. The maximum atomic E-state index is 13.5.